The van der Waals surface area contributed by atoms with Gasteiger partial charge < -0.3 is 9.88 Å². The number of sulfonamides is 1. The molecule has 1 amide bonds. The second-order valence-corrected chi connectivity index (χ2v) is 10.8. The molecule has 0 saturated carbocycles. The Balaban J connectivity index is 1.67. The molecule has 0 saturated heterocycles. The van der Waals surface area contributed by atoms with Gasteiger partial charge >= 0.3 is 0 Å². The van der Waals surface area contributed by atoms with Gasteiger partial charge in [-0.3, -0.25) is 4.79 Å². The summed E-state index contributed by atoms with van der Waals surface area (Å²) in [6.07, 6.45) is 0.611. The normalized spacial score (nSPS) is 12.5. The molecule has 0 aliphatic heterocycles. The van der Waals surface area contributed by atoms with E-state index in [0.717, 1.165) is 9.82 Å². The lowest BCUT2D eigenvalue weighted by molar-refractivity contribution is -0.121. The lowest BCUT2D eigenvalue weighted by Gasteiger charge is -2.26. The standard InChI is InChI=1S/C23H29FN4O3S/c1-23(2,17-8-6-7-9-18(17)24)15-25-22(29)13-12-21-26-19-14-16(32(30,31)27(3)4)10-11-20(19)28(21)5/h6-11,14H,12-13,15H2,1-5H3,(H,25,29). The Morgan fingerprint density at radius 2 is 1.88 bits per heavy atom. The van der Waals surface area contributed by atoms with E-state index >= 15 is 0 Å². The van der Waals surface area contributed by atoms with E-state index in [4.69, 9.17) is 0 Å². The van der Waals surface area contributed by atoms with E-state index in [2.05, 4.69) is 10.3 Å². The van der Waals surface area contributed by atoms with E-state index < -0.39 is 15.4 Å². The van der Waals surface area contributed by atoms with Crippen molar-refractivity contribution in [1.82, 2.24) is 19.2 Å². The number of hydrogen-bond acceptors (Lipinski definition) is 4. The van der Waals surface area contributed by atoms with Crippen molar-refractivity contribution in [3.63, 3.8) is 0 Å². The van der Waals surface area contributed by atoms with Crippen LogP contribution in [0.5, 0.6) is 0 Å². The van der Waals surface area contributed by atoms with Gasteiger partial charge in [0.05, 0.1) is 15.9 Å². The lowest BCUT2D eigenvalue weighted by Crippen LogP contribution is -2.37. The molecular formula is C23H29FN4O3S. The Morgan fingerprint density at radius 1 is 1.19 bits per heavy atom. The van der Waals surface area contributed by atoms with Gasteiger partial charge in [0.15, 0.2) is 0 Å². The highest BCUT2D eigenvalue weighted by Crippen LogP contribution is 2.25. The number of rotatable bonds is 8. The zero-order chi connectivity index (χ0) is 23.7. The van der Waals surface area contributed by atoms with Gasteiger partial charge in [-0.05, 0) is 29.8 Å². The maximum absolute atomic E-state index is 14.1. The van der Waals surface area contributed by atoms with Gasteiger partial charge in [0, 0.05) is 45.9 Å². The molecule has 0 fully saturated rings. The molecular weight excluding hydrogens is 431 g/mol. The monoisotopic (exact) mass is 460 g/mol. The van der Waals surface area contributed by atoms with E-state index in [9.17, 15) is 17.6 Å². The lowest BCUT2D eigenvalue weighted by atomic mass is 9.84. The number of halogens is 1. The smallest absolute Gasteiger partial charge is 0.242 e. The van der Waals surface area contributed by atoms with E-state index in [0.29, 0.717) is 29.9 Å². The van der Waals surface area contributed by atoms with Crippen molar-refractivity contribution in [3.05, 3.63) is 59.7 Å². The largest absolute Gasteiger partial charge is 0.355 e. The van der Waals surface area contributed by atoms with Crippen LogP contribution >= 0.6 is 0 Å². The number of aromatic nitrogens is 2. The summed E-state index contributed by atoms with van der Waals surface area (Å²) < 4.78 is 41.9. The Kier molecular flexibility index (Phi) is 6.71. The summed E-state index contributed by atoms with van der Waals surface area (Å²) in [7, 11) is 1.25. The molecule has 0 atom stereocenters. The number of amides is 1. The number of nitrogens with one attached hydrogen (secondary N) is 1. The summed E-state index contributed by atoms with van der Waals surface area (Å²) >= 11 is 0. The van der Waals surface area contributed by atoms with Crippen molar-refractivity contribution >= 4 is 27.0 Å². The van der Waals surface area contributed by atoms with Crippen molar-refractivity contribution in [2.24, 2.45) is 7.05 Å². The highest BCUT2D eigenvalue weighted by atomic mass is 32.2. The predicted molar refractivity (Wildman–Crippen MR) is 122 cm³/mol. The average molecular weight is 461 g/mol. The highest BCUT2D eigenvalue weighted by molar-refractivity contribution is 7.89. The fourth-order valence-corrected chi connectivity index (χ4v) is 4.49. The van der Waals surface area contributed by atoms with Gasteiger partial charge in [-0.2, -0.15) is 0 Å². The number of hydrogen-bond donors (Lipinski definition) is 1. The maximum atomic E-state index is 14.1. The minimum atomic E-state index is -3.55. The van der Waals surface area contributed by atoms with Crippen LogP contribution in [-0.4, -0.2) is 48.8 Å². The van der Waals surface area contributed by atoms with Crippen LogP contribution in [0.4, 0.5) is 4.39 Å². The Hall–Kier alpha value is -2.78. The average Bonchev–Trinajstić information content (AvgIpc) is 3.06. The maximum Gasteiger partial charge on any atom is 0.242 e. The van der Waals surface area contributed by atoms with Gasteiger partial charge in [-0.1, -0.05) is 32.0 Å². The first-order chi connectivity index (χ1) is 14.9. The topological polar surface area (TPSA) is 84.3 Å². The molecule has 0 aliphatic carbocycles. The molecule has 7 nitrogen and oxygen atoms in total. The first-order valence-electron chi connectivity index (χ1n) is 10.3. The van der Waals surface area contributed by atoms with Crippen LogP contribution in [0.1, 0.15) is 31.7 Å². The number of fused-ring (bicyclic) bond motifs is 1. The van der Waals surface area contributed by atoms with Crippen LogP contribution in [0.2, 0.25) is 0 Å². The SMILES string of the molecule is CN(C)S(=O)(=O)c1ccc2c(c1)nc(CCC(=O)NCC(C)(C)c1ccccc1F)n2C. The minimum Gasteiger partial charge on any atom is -0.355 e. The number of nitrogens with zero attached hydrogens (tertiary/aromatic N) is 3. The third-order valence-electron chi connectivity index (χ3n) is 5.63. The van der Waals surface area contributed by atoms with Gasteiger partial charge in [0.1, 0.15) is 11.6 Å². The Morgan fingerprint density at radius 3 is 2.53 bits per heavy atom. The van der Waals surface area contributed by atoms with Crippen LogP contribution in [0.3, 0.4) is 0 Å². The number of benzene rings is 2. The molecule has 3 rings (SSSR count). The van der Waals surface area contributed by atoms with Crippen molar-refractivity contribution in [1.29, 1.82) is 0 Å². The first kappa shape index (κ1) is 23.9. The summed E-state index contributed by atoms with van der Waals surface area (Å²) in [5.41, 5.74) is 1.36. The molecule has 32 heavy (non-hydrogen) atoms. The third-order valence-corrected chi connectivity index (χ3v) is 7.44. The Bertz CT molecular complexity index is 1250. The molecule has 9 heteroatoms. The summed E-state index contributed by atoms with van der Waals surface area (Å²) in [4.78, 5) is 17.1. The van der Waals surface area contributed by atoms with Gasteiger partial charge in [-0.25, -0.2) is 22.1 Å². The molecule has 0 unspecified atom stereocenters. The predicted octanol–water partition coefficient (Wildman–Crippen LogP) is 2.99. The highest BCUT2D eigenvalue weighted by Gasteiger charge is 2.25. The summed E-state index contributed by atoms with van der Waals surface area (Å²) in [6, 6.07) is 11.4. The van der Waals surface area contributed by atoms with Crippen molar-refractivity contribution in [2.75, 3.05) is 20.6 Å². The molecule has 172 valence electrons. The molecule has 1 aromatic heterocycles. The molecule has 1 N–H and O–H groups in total. The van der Waals surface area contributed by atoms with Gasteiger partial charge in [-0.15, -0.1) is 0 Å². The van der Waals surface area contributed by atoms with Crippen LogP contribution in [-0.2, 0) is 33.7 Å². The van der Waals surface area contributed by atoms with Crippen LogP contribution < -0.4 is 5.32 Å². The summed E-state index contributed by atoms with van der Waals surface area (Å²) in [5.74, 6) is 0.238. The van der Waals surface area contributed by atoms with Crippen molar-refractivity contribution in [2.45, 2.75) is 37.0 Å². The fourth-order valence-electron chi connectivity index (χ4n) is 3.56. The molecule has 3 aromatic rings. The molecule has 0 spiro atoms. The zero-order valence-corrected chi connectivity index (χ0v) is 19.8. The Labute approximate surface area is 188 Å². The summed E-state index contributed by atoms with van der Waals surface area (Å²) in [6.45, 7) is 4.08. The summed E-state index contributed by atoms with van der Waals surface area (Å²) in [5, 5.41) is 2.89. The molecule has 0 aliphatic rings. The van der Waals surface area contributed by atoms with Crippen molar-refractivity contribution in [3.8, 4) is 0 Å². The van der Waals surface area contributed by atoms with Crippen molar-refractivity contribution < 1.29 is 17.6 Å². The second-order valence-electron chi connectivity index (χ2n) is 8.67. The van der Waals surface area contributed by atoms with Crippen LogP contribution in [0.15, 0.2) is 47.4 Å². The quantitative estimate of drug-likeness (QED) is 0.560. The number of aryl methyl sites for hydroxylation is 2. The van der Waals surface area contributed by atoms with Crippen LogP contribution in [0.25, 0.3) is 11.0 Å². The van der Waals surface area contributed by atoms with E-state index in [1.165, 1.54) is 20.2 Å². The number of imidazole rings is 1. The fraction of sp³-hybridized carbons (Fsp3) is 0.391. The van der Waals surface area contributed by atoms with E-state index in [1.807, 2.05) is 25.5 Å². The van der Waals surface area contributed by atoms with Gasteiger partial charge in [0.25, 0.3) is 0 Å². The molecule has 1 heterocycles. The zero-order valence-electron chi connectivity index (χ0n) is 19.0. The molecule has 2 aromatic carbocycles. The van der Waals surface area contributed by atoms with E-state index in [1.54, 1.807) is 36.4 Å². The first-order valence-corrected chi connectivity index (χ1v) is 11.8. The van der Waals surface area contributed by atoms with Gasteiger partial charge in [0.2, 0.25) is 15.9 Å². The number of carbonyl (C=O) groups is 1. The number of carbonyl (C=O) groups excluding carboxylic acids is 1. The minimum absolute atomic E-state index is 0.155. The molecule has 0 bridgehead atoms. The molecule has 0 radical (unpaired) electrons. The second kappa shape index (κ2) is 8.99. The third kappa shape index (κ3) is 4.83. The van der Waals surface area contributed by atoms with Crippen LogP contribution in [0, 0.1) is 5.82 Å². The van der Waals surface area contributed by atoms with E-state index in [-0.39, 0.29) is 23.0 Å².